The molecule has 0 aliphatic carbocycles. The fourth-order valence-electron chi connectivity index (χ4n) is 1.76. The van der Waals surface area contributed by atoms with Gasteiger partial charge in [-0.25, -0.2) is 5.84 Å². The number of carbonyl (C=O) groups is 1. The van der Waals surface area contributed by atoms with Crippen LogP contribution in [0.1, 0.15) is 20.8 Å². The molecule has 7 nitrogen and oxygen atoms in total. The first-order chi connectivity index (χ1) is 10.0. The summed E-state index contributed by atoms with van der Waals surface area (Å²) >= 11 is 1.22. The molecular formula is C13H13N3O4S. The number of benzene rings is 1. The molecule has 0 spiro atoms. The van der Waals surface area contributed by atoms with E-state index in [0.717, 1.165) is 5.56 Å². The largest absolute Gasteiger partial charge is 0.482 e. The van der Waals surface area contributed by atoms with E-state index >= 15 is 0 Å². The lowest BCUT2D eigenvalue weighted by Crippen LogP contribution is -2.30. The highest BCUT2D eigenvalue weighted by molar-refractivity contribution is 7.12. The molecule has 0 radical (unpaired) electrons. The van der Waals surface area contributed by atoms with E-state index in [9.17, 15) is 14.9 Å². The monoisotopic (exact) mass is 307 g/mol. The van der Waals surface area contributed by atoms with E-state index in [0.29, 0.717) is 10.4 Å². The lowest BCUT2D eigenvalue weighted by molar-refractivity contribution is -0.386. The molecule has 3 N–H and O–H groups in total. The van der Waals surface area contributed by atoms with Crippen LogP contribution in [-0.2, 0) is 6.61 Å². The third-order valence-electron chi connectivity index (χ3n) is 2.78. The van der Waals surface area contributed by atoms with Crippen molar-refractivity contribution >= 4 is 22.9 Å². The standard InChI is InChI=1S/C13H13N3O4S/c1-8-2-3-11(10(6-8)16(18)19)20-7-9-4-5-21-12(9)13(17)15-14/h2-6H,7,14H2,1H3,(H,15,17). The summed E-state index contributed by atoms with van der Waals surface area (Å²) in [7, 11) is 0. The first kappa shape index (κ1) is 14.9. The number of amides is 1. The summed E-state index contributed by atoms with van der Waals surface area (Å²) in [5, 5.41) is 12.7. The van der Waals surface area contributed by atoms with Crippen LogP contribution >= 0.6 is 11.3 Å². The number of hydrogen-bond acceptors (Lipinski definition) is 6. The topological polar surface area (TPSA) is 107 Å². The molecule has 8 heteroatoms. The van der Waals surface area contributed by atoms with E-state index in [1.807, 2.05) is 0 Å². The van der Waals surface area contributed by atoms with Crippen LogP contribution in [0.4, 0.5) is 5.69 Å². The van der Waals surface area contributed by atoms with Crippen LogP contribution in [0.2, 0.25) is 0 Å². The predicted molar refractivity (Wildman–Crippen MR) is 78.1 cm³/mol. The molecule has 0 aliphatic rings. The molecule has 0 bridgehead atoms. The predicted octanol–water partition coefficient (Wildman–Crippen LogP) is 2.15. The number of ether oxygens (including phenoxy) is 1. The molecule has 2 rings (SSSR count). The van der Waals surface area contributed by atoms with Gasteiger partial charge in [0, 0.05) is 11.6 Å². The van der Waals surface area contributed by atoms with E-state index in [4.69, 9.17) is 10.6 Å². The number of thiophene rings is 1. The Hall–Kier alpha value is -2.45. The van der Waals surface area contributed by atoms with Gasteiger partial charge in [-0.2, -0.15) is 0 Å². The molecule has 2 aromatic rings. The van der Waals surface area contributed by atoms with Gasteiger partial charge < -0.3 is 4.74 Å². The van der Waals surface area contributed by atoms with Gasteiger partial charge in [0.15, 0.2) is 5.75 Å². The first-order valence-electron chi connectivity index (χ1n) is 5.98. The molecule has 0 unspecified atom stereocenters. The zero-order valence-corrected chi connectivity index (χ0v) is 12.0. The number of carbonyl (C=O) groups excluding carboxylic acids is 1. The van der Waals surface area contributed by atoms with Crippen LogP contribution < -0.4 is 16.0 Å². The first-order valence-corrected chi connectivity index (χ1v) is 6.86. The minimum atomic E-state index is -0.497. The van der Waals surface area contributed by atoms with Gasteiger partial charge in [-0.3, -0.25) is 20.3 Å². The molecule has 21 heavy (non-hydrogen) atoms. The summed E-state index contributed by atoms with van der Waals surface area (Å²) in [6, 6.07) is 6.43. The second-order valence-electron chi connectivity index (χ2n) is 4.27. The van der Waals surface area contributed by atoms with Crippen molar-refractivity contribution in [3.63, 3.8) is 0 Å². The van der Waals surface area contributed by atoms with Crippen molar-refractivity contribution in [2.45, 2.75) is 13.5 Å². The zero-order chi connectivity index (χ0) is 15.4. The van der Waals surface area contributed by atoms with E-state index in [-0.39, 0.29) is 18.0 Å². The van der Waals surface area contributed by atoms with Crippen LogP contribution in [0, 0.1) is 17.0 Å². The fourth-order valence-corrected chi connectivity index (χ4v) is 2.57. The molecule has 1 aromatic carbocycles. The Morgan fingerprint density at radius 1 is 1.48 bits per heavy atom. The normalized spacial score (nSPS) is 10.2. The number of hydrazine groups is 1. The maximum atomic E-state index is 11.5. The number of rotatable bonds is 5. The quantitative estimate of drug-likeness (QED) is 0.381. The third kappa shape index (κ3) is 3.36. The second kappa shape index (κ2) is 6.33. The molecule has 0 fully saturated rings. The Bertz CT molecular complexity index is 684. The summed E-state index contributed by atoms with van der Waals surface area (Å²) in [5.74, 6) is 4.84. The van der Waals surface area contributed by atoms with Crippen LogP contribution in [0.15, 0.2) is 29.6 Å². The highest BCUT2D eigenvalue weighted by Crippen LogP contribution is 2.29. The van der Waals surface area contributed by atoms with Crippen molar-refractivity contribution in [1.29, 1.82) is 0 Å². The minimum absolute atomic E-state index is 0.0517. The average molecular weight is 307 g/mol. The molecule has 1 heterocycles. The summed E-state index contributed by atoms with van der Waals surface area (Å²) < 4.78 is 5.48. The van der Waals surface area contributed by atoms with Gasteiger partial charge >= 0.3 is 5.69 Å². The number of nitro benzene ring substituents is 1. The Balaban J connectivity index is 2.19. The maximum Gasteiger partial charge on any atom is 0.311 e. The van der Waals surface area contributed by atoms with Gasteiger partial charge in [-0.15, -0.1) is 11.3 Å². The number of nitrogen functional groups attached to an aromatic ring is 1. The van der Waals surface area contributed by atoms with Crippen LogP contribution in [0.5, 0.6) is 5.75 Å². The van der Waals surface area contributed by atoms with E-state index in [2.05, 4.69) is 5.43 Å². The molecule has 0 saturated heterocycles. The van der Waals surface area contributed by atoms with Gasteiger partial charge in [0.05, 0.1) is 9.80 Å². The number of hydrogen-bond donors (Lipinski definition) is 2. The van der Waals surface area contributed by atoms with Crippen LogP contribution in [0.25, 0.3) is 0 Å². The van der Waals surface area contributed by atoms with Crippen molar-refractivity contribution in [3.8, 4) is 5.75 Å². The van der Waals surface area contributed by atoms with Crippen molar-refractivity contribution in [3.05, 3.63) is 55.8 Å². The third-order valence-corrected chi connectivity index (χ3v) is 3.73. The SMILES string of the molecule is Cc1ccc(OCc2ccsc2C(=O)NN)c([N+](=O)[O-])c1. The molecule has 0 saturated carbocycles. The van der Waals surface area contributed by atoms with Crippen molar-refractivity contribution < 1.29 is 14.5 Å². The van der Waals surface area contributed by atoms with Crippen LogP contribution in [-0.4, -0.2) is 10.8 Å². The number of nitrogens with two attached hydrogens (primary N) is 1. The highest BCUT2D eigenvalue weighted by Gasteiger charge is 2.17. The summed E-state index contributed by atoms with van der Waals surface area (Å²) in [5.41, 5.74) is 3.34. The molecule has 0 atom stereocenters. The molecule has 110 valence electrons. The highest BCUT2D eigenvalue weighted by atomic mass is 32.1. The smallest absolute Gasteiger partial charge is 0.311 e. The van der Waals surface area contributed by atoms with E-state index in [1.54, 1.807) is 30.5 Å². The van der Waals surface area contributed by atoms with E-state index < -0.39 is 10.8 Å². The Morgan fingerprint density at radius 3 is 2.90 bits per heavy atom. The average Bonchev–Trinajstić information content (AvgIpc) is 2.93. The van der Waals surface area contributed by atoms with Gasteiger partial charge in [0.2, 0.25) is 0 Å². The van der Waals surface area contributed by atoms with Crippen molar-refractivity contribution in [2.24, 2.45) is 5.84 Å². The van der Waals surface area contributed by atoms with Gasteiger partial charge in [0.1, 0.15) is 6.61 Å². The lowest BCUT2D eigenvalue weighted by atomic mass is 10.2. The number of aryl methyl sites for hydroxylation is 1. The van der Waals surface area contributed by atoms with Gasteiger partial charge in [-0.05, 0) is 30.0 Å². The van der Waals surface area contributed by atoms with Crippen LogP contribution in [0.3, 0.4) is 0 Å². The maximum absolute atomic E-state index is 11.5. The van der Waals surface area contributed by atoms with Gasteiger partial charge in [-0.1, -0.05) is 6.07 Å². The number of nitro groups is 1. The molecular weight excluding hydrogens is 294 g/mol. The van der Waals surface area contributed by atoms with Crippen molar-refractivity contribution in [2.75, 3.05) is 0 Å². The second-order valence-corrected chi connectivity index (χ2v) is 5.18. The van der Waals surface area contributed by atoms with Gasteiger partial charge in [0.25, 0.3) is 5.91 Å². The Kier molecular flexibility index (Phi) is 4.51. The Morgan fingerprint density at radius 2 is 2.24 bits per heavy atom. The molecule has 0 aliphatic heterocycles. The molecule has 1 amide bonds. The molecule has 1 aromatic heterocycles. The Labute approximate surface area is 124 Å². The fraction of sp³-hybridized carbons (Fsp3) is 0.154. The summed E-state index contributed by atoms with van der Waals surface area (Å²) in [4.78, 5) is 22.5. The zero-order valence-electron chi connectivity index (χ0n) is 11.2. The minimum Gasteiger partial charge on any atom is -0.482 e. The van der Waals surface area contributed by atoms with E-state index in [1.165, 1.54) is 17.4 Å². The number of nitrogens with zero attached hydrogens (tertiary/aromatic N) is 1. The summed E-state index contributed by atoms with van der Waals surface area (Å²) in [6.07, 6.45) is 0. The summed E-state index contributed by atoms with van der Waals surface area (Å²) in [6.45, 7) is 1.81. The number of nitrogens with one attached hydrogen (secondary N) is 1. The van der Waals surface area contributed by atoms with Crippen molar-refractivity contribution in [1.82, 2.24) is 5.43 Å². The lowest BCUT2D eigenvalue weighted by Gasteiger charge is -2.07.